The highest BCUT2D eigenvalue weighted by Crippen LogP contribution is 2.13. The van der Waals surface area contributed by atoms with Gasteiger partial charge in [-0.1, -0.05) is 12.1 Å². The molecule has 1 rings (SSSR count). The molecule has 17 heavy (non-hydrogen) atoms. The van der Waals surface area contributed by atoms with Crippen molar-refractivity contribution in [1.29, 1.82) is 0 Å². The maximum absolute atomic E-state index is 11.3. The van der Waals surface area contributed by atoms with Crippen molar-refractivity contribution in [2.75, 3.05) is 0 Å². The zero-order chi connectivity index (χ0) is 12.8. The highest BCUT2D eigenvalue weighted by atomic mass is 16.6. The first kappa shape index (κ1) is 12.8. The Morgan fingerprint density at radius 1 is 1.18 bits per heavy atom. The Hall–Kier alpha value is -2.24. The van der Waals surface area contributed by atoms with Crippen molar-refractivity contribution in [2.24, 2.45) is 0 Å². The standard InChI is InChI=1S/C11H11NO5/c13-10(5-6-11(14)15)7-8-1-3-9(4-2-8)12(16)17/h1-4H,5-7H2,(H,14,15). The molecule has 0 aromatic heterocycles. The number of rotatable bonds is 6. The summed E-state index contributed by atoms with van der Waals surface area (Å²) in [6, 6.07) is 5.63. The fourth-order valence-electron chi connectivity index (χ4n) is 1.30. The molecule has 0 fully saturated rings. The summed E-state index contributed by atoms with van der Waals surface area (Å²) < 4.78 is 0. The Labute approximate surface area is 97.0 Å². The van der Waals surface area contributed by atoms with Crippen LogP contribution in [0.5, 0.6) is 0 Å². The van der Waals surface area contributed by atoms with E-state index in [0.717, 1.165) is 0 Å². The molecule has 0 saturated heterocycles. The largest absolute Gasteiger partial charge is 0.481 e. The van der Waals surface area contributed by atoms with Crippen molar-refractivity contribution in [3.63, 3.8) is 0 Å². The second-order valence-corrected chi connectivity index (χ2v) is 3.53. The van der Waals surface area contributed by atoms with E-state index in [1.807, 2.05) is 0 Å². The number of benzene rings is 1. The van der Waals surface area contributed by atoms with Crippen LogP contribution in [0.3, 0.4) is 0 Å². The molecule has 0 spiro atoms. The van der Waals surface area contributed by atoms with Gasteiger partial charge in [-0.15, -0.1) is 0 Å². The molecule has 1 aromatic carbocycles. The van der Waals surface area contributed by atoms with Gasteiger partial charge < -0.3 is 5.11 Å². The summed E-state index contributed by atoms with van der Waals surface area (Å²) in [5, 5.41) is 18.8. The lowest BCUT2D eigenvalue weighted by molar-refractivity contribution is -0.384. The summed E-state index contributed by atoms with van der Waals surface area (Å²) in [6.45, 7) is 0. The zero-order valence-electron chi connectivity index (χ0n) is 8.96. The number of nitro groups is 1. The van der Waals surface area contributed by atoms with Gasteiger partial charge in [-0.3, -0.25) is 19.7 Å². The first-order valence-corrected chi connectivity index (χ1v) is 4.96. The minimum atomic E-state index is -1.01. The fourth-order valence-corrected chi connectivity index (χ4v) is 1.30. The van der Waals surface area contributed by atoms with Crippen LogP contribution in [0.2, 0.25) is 0 Å². The van der Waals surface area contributed by atoms with Gasteiger partial charge in [0.25, 0.3) is 5.69 Å². The number of carbonyl (C=O) groups is 2. The summed E-state index contributed by atoms with van der Waals surface area (Å²) in [5.41, 5.74) is 0.609. The lowest BCUT2D eigenvalue weighted by Gasteiger charge is -1.99. The maximum atomic E-state index is 11.3. The SMILES string of the molecule is O=C(O)CCC(=O)Cc1ccc([N+](=O)[O-])cc1. The summed E-state index contributed by atoms with van der Waals surface area (Å²) in [7, 11) is 0. The second kappa shape index (κ2) is 5.74. The van der Waals surface area contributed by atoms with Crippen molar-refractivity contribution in [3.8, 4) is 0 Å². The van der Waals surface area contributed by atoms with Crippen LogP contribution in [0.15, 0.2) is 24.3 Å². The van der Waals surface area contributed by atoms with Crippen LogP contribution in [0.4, 0.5) is 5.69 Å². The third kappa shape index (κ3) is 4.42. The third-order valence-electron chi connectivity index (χ3n) is 2.17. The number of carbonyl (C=O) groups excluding carboxylic acids is 1. The number of nitro benzene ring substituents is 1. The first-order chi connectivity index (χ1) is 7.99. The zero-order valence-corrected chi connectivity index (χ0v) is 8.96. The van der Waals surface area contributed by atoms with Crippen LogP contribution in [-0.4, -0.2) is 21.8 Å². The monoisotopic (exact) mass is 237 g/mol. The van der Waals surface area contributed by atoms with E-state index < -0.39 is 10.9 Å². The summed E-state index contributed by atoms with van der Waals surface area (Å²) in [4.78, 5) is 31.5. The molecule has 6 heteroatoms. The Bertz CT molecular complexity index is 438. The number of carboxylic acid groups (broad SMARTS) is 1. The highest BCUT2D eigenvalue weighted by molar-refractivity contribution is 5.84. The molecular weight excluding hydrogens is 226 g/mol. The fraction of sp³-hybridized carbons (Fsp3) is 0.273. The predicted molar refractivity (Wildman–Crippen MR) is 58.7 cm³/mol. The number of ketones is 1. The molecule has 0 saturated carbocycles. The number of hydrogen-bond donors (Lipinski definition) is 1. The molecule has 0 amide bonds. The van der Waals surface area contributed by atoms with Gasteiger partial charge in [0.1, 0.15) is 5.78 Å². The number of nitrogens with zero attached hydrogens (tertiary/aromatic N) is 1. The third-order valence-corrected chi connectivity index (χ3v) is 2.17. The smallest absolute Gasteiger partial charge is 0.303 e. The lowest BCUT2D eigenvalue weighted by atomic mass is 10.1. The van der Waals surface area contributed by atoms with E-state index in [1.165, 1.54) is 24.3 Å². The maximum Gasteiger partial charge on any atom is 0.303 e. The Kier molecular flexibility index (Phi) is 4.33. The van der Waals surface area contributed by atoms with Crippen LogP contribution < -0.4 is 0 Å². The first-order valence-electron chi connectivity index (χ1n) is 4.96. The number of non-ortho nitro benzene ring substituents is 1. The molecule has 0 aliphatic carbocycles. The van der Waals surface area contributed by atoms with Gasteiger partial charge in [0.15, 0.2) is 0 Å². The Morgan fingerprint density at radius 3 is 2.24 bits per heavy atom. The minimum absolute atomic E-state index is 0.0215. The number of carboxylic acids is 1. The Balaban J connectivity index is 2.54. The van der Waals surface area contributed by atoms with Crippen LogP contribution >= 0.6 is 0 Å². The van der Waals surface area contributed by atoms with E-state index >= 15 is 0 Å². The molecule has 0 bridgehead atoms. The molecule has 0 aliphatic rings. The van der Waals surface area contributed by atoms with Crippen molar-refractivity contribution < 1.29 is 19.6 Å². The van der Waals surface area contributed by atoms with E-state index in [0.29, 0.717) is 5.56 Å². The molecule has 90 valence electrons. The minimum Gasteiger partial charge on any atom is -0.481 e. The van der Waals surface area contributed by atoms with Gasteiger partial charge in [0.05, 0.1) is 11.3 Å². The van der Waals surface area contributed by atoms with E-state index in [2.05, 4.69) is 0 Å². The second-order valence-electron chi connectivity index (χ2n) is 3.53. The van der Waals surface area contributed by atoms with Gasteiger partial charge >= 0.3 is 5.97 Å². The van der Waals surface area contributed by atoms with Gasteiger partial charge in [-0.25, -0.2) is 0 Å². The normalized spacial score (nSPS) is 9.88. The lowest BCUT2D eigenvalue weighted by Crippen LogP contribution is -2.06. The molecule has 0 aliphatic heterocycles. The van der Waals surface area contributed by atoms with Crippen molar-refractivity contribution in [1.82, 2.24) is 0 Å². The van der Waals surface area contributed by atoms with Crippen molar-refractivity contribution >= 4 is 17.4 Å². The van der Waals surface area contributed by atoms with Crippen molar-refractivity contribution in [3.05, 3.63) is 39.9 Å². The number of hydrogen-bond acceptors (Lipinski definition) is 4. The molecule has 1 N–H and O–H groups in total. The average molecular weight is 237 g/mol. The average Bonchev–Trinajstić information content (AvgIpc) is 2.27. The van der Waals surface area contributed by atoms with E-state index in [1.54, 1.807) is 0 Å². The molecule has 0 unspecified atom stereocenters. The van der Waals surface area contributed by atoms with Gasteiger partial charge in [-0.2, -0.15) is 0 Å². The van der Waals surface area contributed by atoms with Gasteiger partial charge in [0.2, 0.25) is 0 Å². The molecule has 0 atom stereocenters. The summed E-state index contributed by atoms with van der Waals surface area (Å²) in [5.74, 6) is -1.21. The van der Waals surface area contributed by atoms with E-state index in [-0.39, 0.29) is 30.7 Å². The molecule has 0 heterocycles. The van der Waals surface area contributed by atoms with Crippen molar-refractivity contribution in [2.45, 2.75) is 19.3 Å². The molecular formula is C11H11NO5. The number of Topliss-reactive ketones (excluding diaryl/α,β-unsaturated/α-hetero) is 1. The predicted octanol–water partition coefficient (Wildman–Crippen LogP) is 1.57. The highest BCUT2D eigenvalue weighted by Gasteiger charge is 2.08. The summed E-state index contributed by atoms with van der Waals surface area (Å²) >= 11 is 0. The molecule has 6 nitrogen and oxygen atoms in total. The quantitative estimate of drug-likeness (QED) is 0.598. The van der Waals surface area contributed by atoms with Crippen LogP contribution in [0.25, 0.3) is 0 Å². The number of aliphatic carboxylic acids is 1. The van der Waals surface area contributed by atoms with Crippen LogP contribution in [-0.2, 0) is 16.0 Å². The Morgan fingerprint density at radius 2 is 1.76 bits per heavy atom. The summed E-state index contributed by atoms with van der Waals surface area (Å²) in [6.07, 6.45) is -0.108. The van der Waals surface area contributed by atoms with Crippen LogP contribution in [0.1, 0.15) is 18.4 Å². The van der Waals surface area contributed by atoms with Gasteiger partial charge in [-0.05, 0) is 5.56 Å². The van der Waals surface area contributed by atoms with E-state index in [9.17, 15) is 19.7 Å². The van der Waals surface area contributed by atoms with E-state index in [4.69, 9.17) is 5.11 Å². The molecule has 0 radical (unpaired) electrons. The van der Waals surface area contributed by atoms with Gasteiger partial charge in [0, 0.05) is 25.0 Å². The molecule has 1 aromatic rings. The van der Waals surface area contributed by atoms with Crippen LogP contribution in [0, 0.1) is 10.1 Å². The topological polar surface area (TPSA) is 97.5 Å².